The number of carbonyl (C=O) groups is 4. The van der Waals surface area contributed by atoms with Crippen LogP contribution in [-0.2, 0) is 23.9 Å². The molecule has 0 saturated heterocycles. The maximum Gasteiger partial charge on any atom is 0.413 e. The Labute approximate surface area is 160 Å². The molecule has 0 heterocycles. The van der Waals surface area contributed by atoms with E-state index in [1.807, 2.05) is 0 Å². The second kappa shape index (κ2) is 9.71. The van der Waals surface area contributed by atoms with E-state index in [-0.39, 0.29) is 23.5 Å². The standard InChI is InChI=1S/C19H32N2O6/c1-12(2)15(20-16(23)13(3)4)17(24)26-11-27-18(25)21(6)19(5)10-8-7-9-14(19)22/h12-13,15H,7-11H2,1-6H3,(H,20,23)/t15?,19-/m1/s1. The van der Waals surface area contributed by atoms with Crippen molar-refractivity contribution in [2.24, 2.45) is 11.8 Å². The molecule has 0 aliphatic heterocycles. The summed E-state index contributed by atoms with van der Waals surface area (Å²) >= 11 is 0. The van der Waals surface area contributed by atoms with Crippen LogP contribution in [0.25, 0.3) is 0 Å². The van der Waals surface area contributed by atoms with E-state index < -0.39 is 30.4 Å². The molecule has 1 unspecified atom stereocenters. The van der Waals surface area contributed by atoms with E-state index in [2.05, 4.69) is 5.32 Å². The molecule has 8 nitrogen and oxygen atoms in total. The number of nitrogens with zero attached hydrogens (tertiary/aromatic N) is 1. The van der Waals surface area contributed by atoms with Gasteiger partial charge in [0.25, 0.3) is 0 Å². The average Bonchev–Trinajstić information content (AvgIpc) is 2.60. The van der Waals surface area contributed by atoms with Gasteiger partial charge in [0.2, 0.25) is 12.7 Å². The Morgan fingerprint density at radius 2 is 1.78 bits per heavy atom. The van der Waals surface area contributed by atoms with E-state index in [9.17, 15) is 19.2 Å². The Morgan fingerprint density at radius 1 is 1.15 bits per heavy atom. The molecule has 1 N–H and O–H groups in total. The summed E-state index contributed by atoms with van der Waals surface area (Å²) in [5, 5.41) is 2.63. The third-order valence-electron chi connectivity index (χ3n) is 5.06. The van der Waals surface area contributed by atoms with Gasteiger partial charge in [-0.25, -0.2) is 9.59 Å². The summed E-state index contributed by atoms with van der Waals surface area (Å²) in [4.78, 5) is 49.7. The number of ketones is 1. The molecule has 2 atom stereocenters. The zero-order chi connectivity index (χ0) is 20.8. The molecule has 2 amide bonds. The quantitative estimate of drug-likeness (QED) is 0.533. The molecule has 27 heavy (non-hydrogen) atoms. The molecule has 0 bridgehead atoms. The normalized spacial score (nSPS) is 21.0. The van der Waals surface area contributed by atoms with E-state index in [1.54, 1.807) is 34.6 Å². The number of ether oxygens (including phenoxy) is 2. The molecule has 0 radical (unpaired) electrons. The molecule has 1 saturated carbocycles. The topological polar surface area (TPSA) is 102 Å². The van der Waals surface area contributed by atoms with Gasteiger partial charge in [-0.15, -0.1) is 0 Å². The predicted molar refractivity (Wildman–Crippen MR) is 98.7 cm³/mol. The minimum Gasteiger partial charge on any atom is -0.426 e. The molecule has 0 aromatic rings. The SMILES string of the molecule is CC(C)C(=O)NC(C(=O)OCOC(=O)N(C)[C@]1(C)CCCCC1=O)C(C)C. The van der Waals surface area contributed by atoms with Gasteiger partial charge in [0.05, 0.1) is 0 Å². The number of carbonyl (C=O) groups excluding carboxylic acids is 4. The number of esters is 1. The summed E-state index contributed by atoms with van der Waals surface area (Å²) in [6.45, 7) is 8.15. The van der Waals surface area contributed by atoms with E-state index in [0.29, 0.717) is 12.8 Å². The molecule has 0 spiro atoms. The largest absolute Gasteiger partial charge is 0.426 e. The van der Waals surface area contributed by atoms with Crippen molar-refractivity contribution >= 4 is 23.8 Å². The van der Waals surface area contributed by atoms with E-state index in [1.165, 1.54) is 11.9 Å². The molecule has 1 fully saturated rings. The number of amides is 2. The number of Topliss-reactive ketones (excluding diaryl/α,β-unsaturated/α-hetero) is 1. The van der Waals surface area contributed by atoms with Crippen molar-refractivity contribution in [3.8, 4) is 0 Å². The van der Waals surface area contributed by atoms with Crippen molar-refractivity contribution in [2.75, 3.05) is 13.8 Å². The van der Waals surface area contributed by atoms with Crippen LogP contribution < -0.4 is 5.32 Å². The summed E-state index contributed by atoms with van der Waals surface area (Å²) in [6, 6.07) is -0.825. The highest BCUT2D eigenvalue weighted by atomic mass is 16.7. The summed E-state index contributed by atoms with van der Waals surface area (Å²) < 4.78 is 10.0. The number of likely N-dealkylation sites (N-methyl/N-ethyl adjacent to an activating group) is 1. The fourth-order valence-corrected chi connectivity index (χ4v) is 2.86. The first-order chi connectivity index (χ1) is 12.5. The highest BCUT2D eigenvalue weighted by molar-refractivity contribution is 5.91. The Bertz CT molecular complexity index is 575. The molecule has 8 heteroatoms. The molecule has 0 aromatic heterocycles. The summed E-state index contributed by atoms with van der Waals surface area (Å²) in [5.41, 5.74) is -0.898. The van der Waals surface area contributed by atoms with Crippen LogP contribution >= 0.6 is 0 Å². The van der Waals surface area contributed by atoms with Crippen molar-refractivity contribution in [1.82, 2.24) is 10.2 Å². The van der Waals surface area contributed by atoms with Crippen LogP contribution in [0.3, 0.4) is 0 Å². The van der Waals surface area contributed by atoms with E-state index in [0.717, 1.165) is 12.8 Å². The first-order valence-corrected chi connectivity index (χ1v) is 9.41. The lowest BCUT2D eigenvalue weighted by atomic mass is 9.81. The van der Waals surface area contributed by atoms with Crippen LogP contribution in [0.5, 0.6) is 0 Å². The second-order valence-corrected chi connectivity index (χ2v) is 7.84. The number of nitrogens with one attached hydrogen (secondary N) is 1. The van der Waals surface area contributed by atoms with Gasteiger partial charge in [-0.2, -0.15) is 0 Å². The maximum absolute atomic E-state index is 12.2. The fraction of sp³-hybridized carbons (Fsp3) is 0.789. The summed E-state index contributed by atoms with van der Waals surface area (Å²) in [6.07, 6.45) is 1.98. The molecule has 154 valence electrons. The van der Waals surface area contributed by atoms with Gasteiger partial charge in [0, 0.05) is 19.4 Å². The molecular formula is C19H32N2O6. The van der Waals surface area contributed by atoms with Crippen LogP contribution in [0.1, 0.15) is 60.3 Å². The lowest BCUT2D eigenvalue weighted by Gasteiger charge is -2.39. The average molecular weight is 384 g/mol. The van der Waals surface area contributed by atoms with Crippen molar-refractivity contribution in [2.45, 2.75) is 71.9 Å². The highest BCUT2D eigenvalue weighted by Gasteiger charge is 2.41. The minimum atomic E-state index is -0.898. The third kappa shape index (κ3) is 5.94. The van der Waals surface area contributed by atoms with Crippen molar-refractivity contribution in [3.05, 3.63) is 0 Å². The Hall–Kier alpha value is -2.12. The number of rotatable bonds is 7. The van der Waals surface area contributed by atoms with Crippen molar-refractivity contribution in [1.29, 1.82) is 0 Å². The van der Waals surface area contributed by atoms with E-state index in [4.69, 9.17) is 9.47 Å². The Balaban J connectivity index is 2.56. The number of hydrogen-bond acceptors (Lipinski definition) is 6. The van der Waals surface area contributed by atoms with Crippen LogP contribution in [0.4, 0.5) is 4.79 Å². The number of hydrogen-bond donors (Lipinski definition) is 1. The Kier molecular flexibility index (Phi) is 8.24. The molecular weight excluding hydrogens is 352 g/mol. The third-order valence-corrected chi connectivity index (χ3v) is 5.06. The van der Waals surface area contributed by atoms with Crippen LogP contribution in [0.2, 0.25) is 0 Å². The maximum atomic E-state index is 12.2. The van der Waals surface area contributed by atoms with Gasteiger partial charge >= 0.3 is 12.1 Å². The van der Waals surface area contributed by atoms with Crippen LogP contribution in [0, 0.1) is 11.8 Å². The lowest BCUT2D eigenvalue weighted by molar-refractivity contribution is -0.158. The lowest BCUT2D eigenvalue weighted by Crippen LogP contribution is -2.54. The monoisotopic (exact) mass is 384 g/mol. The van der Waals surface area contributed by atoms with Crippen LogP contribution in [0.15, 0.2) is 0 Å². The van der Waals surface area contributed by atoms with Gasteiger partial charge in [-0.3, -0.25) is 14.5 Å². The molecule has 1 rings (SSSR count). The predicted octanol–water partition coefficient (Wildman–Crippen LogP) is 2.25. The molecule has 0 aromatic carbocycles. The molecule has 1 aliphatic rings. The van der Waals surface area contributed by atoms with Crippen molar-refractivity contribution in [3.63, 3.8) is 0 Å². The first kappa shape index (κ1) is 22.9. The van der Waals surface area contributed by atoms with Crippen molar-refractivity contribution < 1.29 is 28.7 Å². The fourth-order valence-electron chi connectivity index (χ4n) is 2.86. The van der Waals surface area contributed by atoms with Gasteiger partial charge in [0.15, 0.2) is 5.78 Å². The zero-order valence-corrected chi connectivity index (χ0v) is 17.2. The van der Waals surface area contributed by atoms with E-state index >= 15 is 0 Å². The van der Waals surface area contributed by atoms with Crippen LogP contribution in [-0.4, -0.2) is 54.1 Å². The van der Waals surface area contributed by atoms with Gasteiger partial charge in [-0.05, 0) is 25.7 Å². The first-order valence-electron chi connectivity index (χ1n) is 9.41. The van der Waals surface area contributed by atoms with Gasteiger partial charge in [-0.1, -0.05) is 34.1 Å². The highest BCUT2D eigenvalue weighted by Crippen LogP contribution is 2.30. The summed E-state index contributed by atoms with van der Waals surface area (Å²) in [7, 11) is 1.51. The smallest absolute Gasteiger partial charge is 0.413 e. The Morgan fingerprint density at radius 3 is 2.30 bits per heavy atom. The van der Waals surface area contributed by atoms with Gasteiger partial charge in [0.1, 0.15) is 11.6 Å². The second-order valence-electron chi connectivity index (χ2n) is 7.84. The minimum absolute atomic E-state index is 0.00136. The summed E-state index contributed by atoms with van der Waals surface area (Å²) in [5.74, 6) is -1.38. The molecule has 1 aliphatic carbocycles. The zero-order valence-electron chi connectivity index (χ0n) is 17.2. The van der Waals surface area contributed by atoms with Gasteiger partial charge < -0.3 is 14.8 Å².